The maximum atomic E-state index is 5.99. The first-order valence-corrected chi connectivity index (χ1v) is 7.73. The van der Waals surface area contributed by atoms with Crippen LogP contribution < -0.4 is 10.5 Å². The van der Waals surface area contributed by atoms with Gasteiger partial charge in [-0.1, -0.05) is 32.0 Å². The summed E-state index contributed by atoms with van der Waals surface area (Å²) in [6.45, 7) is 4.31. The second kappa shape index (κ2) is 6.89. The Kier molecular flexibility index (Phi) is 5.17. The molecule has 1 aromatic heterocycles. The Hall–Kier alpha value is -1.62. The highest BCUT2D eigenvalue weighted by atomic mass is 79.9. The number of methoxy groups -OCH3 is 1. The van der Waals surface area contributed by atoms with Crippen LogP contribution in [0.2, 0.25) is 0 Å². The number of ether oxygens (including phenoxy) is 1. The number of nitrogens with two attached hydrogens (primary N) is 1. The maximum Gasteiger partial charge on any atom is 0.141 e. The summed E-state index contributed by atoms with van der Waals surface area (Å²) in [6, 6.07) is 7.88. The lowest BCUT2D eigenvalue weighted by Gasteiger charge is -2.12. The molecule has 0 fully saturated rings. The van der Waals surface area contributed by atoms with Crippen molar-refractivity contribution in [2.75, 3.05) is 12.8 Å². The topological polar surface area (TPSA) is 61.0 Å². The van der Waals surface area contributed by atoms with E-state index in [-0.39, 0.29) is 0 Å². The van der Waals surface area contributed by atoms with Gasteiger partial charge in [0.05, 0.1) is 17.3 Å². The molecule has 112 valence electrons. The molecule has 0 aliphatic carbocycles. The van der Waals surface area contributed by atoms with Gasteiger partial charge in [-0.2, -0.15) is 0 Å². The average Bonchev–Trinajstić information content (AvgIpc) is 2.44. The molecular weight excluding hydrogens is 330 g/mol. The van der Waals surface area contributed by atoms with Gasteiger partial charge < -0.3 is 10.5 Å². The fourth-order valence-electron chi connectivity index (χ4n) is 2.19. The molecule has 1 heterocycles. The first kappa shape index (κ1) is 15.8. The molecule has 0 saturated heterocycles. The predicted octanol–water partition coefficient (Wildman–Crippen LogP) is 3.62. The zero-order valence-electron chi connectivity index (χ0n) is 12.6. The van der Waals surface area contributed by atoms with E-state index in [1.165, 1.54) is 0 Å². The fraction of sp³-hybridized carbons (Fsp3) is 0.375. The van der Waals surface area contributed by atoms with Crippen LogP contribution in [0.4, 0.5) is 5.82 Å². The van der Waals surface area contributed by atoms with Gasteiger partial charge in [0, 0.05) is 12.0 Å². The summed E-state index contributed by atoms with van der Waals surface area (Å²) >= 11 is 3.48. The molecule has 0 saturated carbocycles. The molecule has 2 rings (SSSR count). The highest BCUT2D eigenvalue weighted by Crippen LogP contribution is 2.25. The van der Waals surface area contributed by atoms with E-state index >= 15 is 0 Å². The number of para-hydroxylation sites is 1. The van der Waals surface area contributed by atoms with Gasteiger partial charge in [0.2, 0.25) is 0 Å². The van der Waals surface area contributed by atoms with Crippen molar-refractivity contribution in [1.29, 1.82) is 0 Å². The number of nitrogen functional groups attached to an aromatic ring is 1. The first-order chi connectivity index (χ1) is 10.0. The molecule has 0 unspecified atom stereocenters. The number of halogens is 1. The van der Waals surface area contributed by atoms with Gasteiger partial charge in [0.1, 0.15) is 17.4 Å². The molecule has 2 N–H and O–H groups in total. The van der Waals surface area contributed by atoms with Crippen molar-refractivity contribution in [3.8, 4) is 5.75 Å². The van der Waals surface area contributed by atoms with Crippen LogP contribution in [0.15, 0.2) is 28.7 Å². The minimum absolute atomic E-state index is 0.491. The van der Waals surface area contributed by atoms with Crippen LogP contribution in [0.5, 0.6) is 5.75 Å². The van der Waals surface area contributed by atoms with Crippen LogP contribution in [-0.2, 0) is 12.8 Å². The molecular formula is C16H20BrN3O. The Morgan fingerprint density at radius 3 is 2.62 bits per heavy atom. The number of aromatic nitrogens is 2. The monoisotopic (exact) mass is 349 g/mol. The lowest BCUT2D eigenvalue weighted by molar-refractivity contribution is 0.410. The third-order valence-electron chi connectivity index (χ3n) is 3.13. The molecule has 21 heavy (non-hydrogen) atoms. The van der Waals surface area contributed by atoms with Gasteiger partial charge in [0.25, 0.3) is 0 Å². The first-order valence-electron chi connectivity index (χ1n) is 6.94. The number of hydrogen-bond donors (Lipinski definition) is 1. The second-order valence-electron chi connectivity index (χ2n) is 5.37. The van der Waals surface area contributed by atoms with Gasteiger partial charge in [-0.15, -0.1) is 0 Å². The van der Waals surface area contributed by atoms with Gasteiger partial charge in [-0.25, -0.2) is 9.97 Å². The molecule has 4 nitrogen and oxygen atoms in total. The van der Waals surface area contributed by atoms with Crippen molar-refractivity contribution in [1.82, 2.24) is 9.97 Å². The highest BCUT2D eigenvalue weighted by molar-refractivity contribution is 9.10. The van der Waals surface area contributed by atoms with E-state index in [1.807, 2.05) is 24.3 Å². The van der Waals surface area contributed by atoms with E-state index < -0.39 is 0 Å². The number of anilines is 1. The molecule has 2 aromatic rings. The molecule has 0 radical (unpaired) electrons. The number of benzene rings is 1. The van der Waals surface area contributed by atoms with Crippen molar-refractivity contribution in [3.63, 3.8) is 0 Å². The summed E-state index contributed by atoms with van der Waals surface area (Å²) in [5, 5.41) is 0. The van der Waals surface area contributed by atoms with E-state index in [0.717, 1.165) is 33.7 Å². The van der Waals surface area contributed by atoms with Crippen LogP contribution in [0.3, 0.4) is 0 Å². The van der Waals surface area contributed by atoms with Gasteiger partial charge in [-0.05, 0) is 34.3 Å². The third kappa shape index (κ3) is 3.94. The quantitative estimate of drug-likeness (QED) is 0.895. The highest BCUT2D eigenvalue weighted by Gasteiger charge is 2.13. The maximum absolute atomic E-state index is 5.99. The van der Waals surface area contributed by atoms with Crippen LogP contribution in [0.1, 0.15) is 30.9 Å². The normalized spacial score (nSPS) is 10.9. The molecule has 0 aliphatic heterocycles. The van der Waals surface area contributed by atoms with Gasteiger partial charge in [0.15, 0.2) is 0 Å². The van der Waals surface area contributed by atoms with E-state index in [9.17, 15) is 0 Å². The second-order valence-corrected chi connectivity index (χ2v) is 6.17. The van der Waals surface area contributed by atoms with E-state index in [4.69, 9.17) is 10.5 Å². The molecule has 1 aromatic carbocycles. The SMILES string of the molecule is COc1ccccc1Cc1nc(N)c(Br)c(CC(C)C)n1. The van der Waals surface area contributed by atoms with Crippen molar-refractivity contribution < 1.29 is 4.74 Å². The summed E-state index contributed by atoms with van der Waals surface area (Å²) in [7, 11) is 1.67. The Morgan fingerprint density at radius 1 is 1.24 bits per heavy atom. The van der Waals surface area contributed by atoms with E-state index in [2.05, 4.69) is 39.7 Å². The van der Waals surface area contributed by atoms with E-state index in [1.54, 1.807) is 7.11 Å². The smallest absolute Gasteiger partial charge is 0.141 e. The number of nitrogens with zero attached hydrogens (tertiary/aromatic N) is 2. The van der Waals surface area contributed by atoms with Crippen LogP contribution >= 0.6 is 15.9 Å². The summed E-state index contributed by atoms with van der Waals surface area (Å²) in [6.07, 6.45) is 1.47. The van der Waals surface area contributed by atoms with Crippen molar-refractivity contribution in [3.05, 3.63) is 45.8 Å². The van der Waals surface area contributed by atoms with E-state index in [0.29, 0.717) is 18.2 Å². The zero-order chi connectivity index (χ0) is 15.4. The largest absolute Gasteiger partial charge is 0.496 e. The minimum Gasteiger partial charge on any atom is -0.496 e. The Balaban J connectivity index is 2.34. The standard InChI is InChI=1S/C16H20BrN3O/c1-10(2)8-12-15(17)16(18)20-14(19-12)9-11-6-4-5-7-13(11)21-3/h4-7,10H,8-9H2,1-3H3,(H2,18,19,20). The average molecular weight is 350 g/mol. The lowest BCUT2D eigenvalue weighted by Crippen LogP contribution is -2.08. The van der Waals surface area contributed by atoms with Gasteiger partial charge in [-0.3, -0.25) is 0 Å². The van der Waals surface area contributed by atoms with Crippen molar-refractivity contribution in [2.45, 2.75) is 26.7 Å². The summed E-state index contributed by atoms with van der Waals surface area (Å²) in [5.41, 5.74) is 8.01. The Labute approximate surface area is 133 Å². The Morgan fingerprint density at radius 2 is 1.95 bits per heavy atom. The summed E-state index contributed by atoms with van der Waals surface area (Å²) < 4.78 is 6.18. The zero-order valence-corrected chi connectivity index (χ0v) is 14.1. The molecule has 0 atom stereocenters. The van der Waals surface area contributed by atoms with Crippen LogP contribution in [0, 0.1) is 5.92 Å². The number of hydrogen-bond acceptors (Lipinski definition) is 4. The van der Waals surface area contributed by atoms with Crippen molar-refractivity contribution in [2.24, 2.45) is 5.92 Å². The molecule has 5 heteroatoms. The van der Waals surface area contributed by atoms with Crippen molar-refractivity contribution >= 4 is 21.7 Å². The predicted molar refractivity (Wildman–Crippen MR) is 88.5 cm³/mol. The lowest BCUT2D eigenvalue weighted by atomic mass is 10.1. The molecule has 0 spiro atoms. The third-order valence-corrected chi connectivity index (χ3v) is 4.00. The van der Waals surface area contributed by atoms with Crippen LogP contribution in [-0.4, -0.2) is 17.1 Å². The summed E-state index contributed by atoms with van der Waals surface area (Å²) in [4.78, 5) is 9.03. The van der Waals surface area contributed by atoms with Crippen LogP contribution in [0.25, 0.3) is 0 Å². The molecule has 0 aliphatic rings. The fourth-order valence-corrected chi connectivity index (χ4v) is 2.53. The Bertz CT molecular complexity index is 629. The summed E-state index contributed by atoms with van der Waals surface area (Å²) in [5.74, 6) is 2.56. The molecule has 0 amide bonds. The molecule has 0 bridgehead atoms. The number of rotatable bonds is 5. The van der Waals surface area contributed by atoms with Gasteiger partial charge >= 0.3 is 0 Å². The minimum atomic E-state index is 0.491.